The molecule has 42 heteroatoms. The number of carboxylic acids is 3. The Bertz CT molecular complexity index is 4090. The third-order valence-corrected chi connectivity index (χ3v) is 21.3. The molecule has 3 saturated heterocycles. The molecule has 3 fully saturated rings. The SMILES string of the molecule is C[C@@H](O)[C@@H]1NC(=O)[C@H](CCCCN)NC(=O)[C@@H](Cc2ccc(NC(N)=O)cc2)NC(=O)[C@H](Cc2ccc(NC(=O)[C@@H]3CC(=O)NC(=O)N3)cc2)NC(=O)[C@H](NC(=O)[C@H](Cc2ccc(Cl)cc2)NC(=O)CCC(C(=O)O)N2CCN(CC(=O)O)CCN(CC(=O)O)CC2)CSSC[C@@H](C(=O)N[C@H](Cc2ccc(O)cc2)C(N)=O)NC1=O. The van der Waals surface area contributed by atoms with E-state index in [0.29, 0.717) is 23.1 Å². The van der Waals surface area contributed by atoms with E-state index in [1.165, 1.54) is 112 Å². The van der Waals surface area contributed by atoms with Crippen LogP contribution >= 0.6 is 33.2 Å². The second kappa shape index (κ2) is 45.0. The number of benzene rings is 4. The van der Waals surface area contributed by atoms with Crippen molar-refractivity contribution in [3.8, 4) is 5.75 Å². The van der Waals surface area contributed by atoms with Gasteiger partial charge in [-0.25, -0.2) is 9.59 Å². The number of primary amides is 2. The fourth-order valence-electron chi connectivity index (χ4n) is 12.4. The number of phenolic OH excluding ortho intramolecular Hbond substituents is 1. The predicted molar refractivity (Wildman–Crippen MR) is 419 cm³/mol. The Morgan fingerprint density at radius 1 is 0.574 bits per heavy atom. The normalized spacial score (nSPS) is 21.2. The maximum absolute atomic E-state index is 15.6. The molecule has 4 aromatic rings. The van der Waals surface area contributed by atoms with Crippen molar-refractivity contribution in [1.82, 2.24) is 67.9 Å². The molecule has 1 unspecified atom stereocenters. The number of carboxylic acid groups (broad SMARTS) is 3. The Labute approximate surface area is 672 Å². The average molecular weight is 1660 g/mol. The van der Waals surface area contributed by atoms with Crippen LogP contribution in [0.4, 0.5) is 21.0 Å². The van der Waals surface area contributed by atoms with Gasteiger partial charge in [-0.3, -0.25) is 87.1 Å². The largest absolute Gasteiger partial charge is 0.508 e. The molecular weight excluding hydrogens is 1560 g/mol. The van der Waals surface area contributed by atoms with E-state index in [0.717, 1.165) is 28.5 Å². The summed E-state index contributed by atoms with van der Waals surface area (Å²) in [5.74, 6) is -15.8. The lowest BCUT2D eigenvalue weighted by atomic mass is 10.0. The topological polar surface area (TPSA) is 606 Å². The number of imide groups is 1. The van der Waals surface area contributed by atoms with Crippen molar-refractivity contribution >= 4 is 140 Å². The zero-order valence-electron chi connectivity index (χ0n) is 62.5. The molecule has 0 bridgehead atoms. The molecule has 15 amide bonds. The van der Waals surface area contributed by atoms with E-state index in [4.69, 9.17) is 28.8 Å². The highest BCUT2D eigenvalue weighted by Gasteiger charge is 2.39. The van der Waals surface area contributed by atoms with Crippen molar-refractivity contribution in [2.75, 3.05) is 81.0 Å². The van der Waals surface area contributed by atoms with Crippen LogP contribution < -0.4 is 81.0 Å². The number of aliphatic hydroxyl groups is 1. The number of carbonyl (C=O) groups excluding carboxylic acids is 13. The summed E-state index contributed by atoms with van der Waals surface area (Å²) in [4.78, 5) is 224. The summed E-state index contributed by atoms with van der Waals surface area (Å²) in [6.45, 7) is 0.737. The first-order valence-electron chi connectivity index (χ1n) is 36.6. The molecule has 0 spiro atoms. The number of aliphatic hydroxyl groups excluding tert-OH is 1. The quantitative estimate of drug-likeness (QED) is 0.0176. The van der Waals surface area contributed by atoms with Gasteiger partial charge in [-0.05, 0) is 110 Å². The zero-order chi connectivity index (χ0) is 84.0. The highest BCUT2D eigenvalue weighted by molar-refractivity contribution is 8.76. The van der Waals surface area contributed by atoms with Gasteiger partial charge in [-0.15, -0.1) is 0 Å². The number of carbonyl (C=O) groups is 16. The summed E-state index contributed by atoms with van der Waals surface area (Å²) < 4.78 is 0. The minimum atomic E-state index is -1.89. The molecular formula is C73H95ClN18O21S2. The van der Waals surface area contributed by atoms with Gasteiger partial charge in [0.1, 0.15) is 66.2 Å². The van der Waals surface area contributed by atoms with Gasteiger partial charge in [0.15, 0.2) is 0 Å². The third-order valence-electron chi connectivity index (χ3n) is 18.6. The molecule has 39 nitrogen and oxygen atoms in total. The highest BCUT2D eigenvalue weighted by atomic mass is 35.5. The van der Waals surface area contributed by atoms with Crippen LogP contribution in [0, 0.1) is 0 Å². The Hall–Kier alpha value is -11.2. The van der Waals surface area contributed by atoms with Crippen LogP contribution in [0.1, 0.15) is 67.7 Å². The van der Waals surface area contributed by atoms with Gasteiger partial charge in [-0.2, -0.15) is 0 Å². The van der Waals surface area contributed by atoms with E-state index in [1.54, 1.807) is 0 Å². The van der Waals surface area contributed by atoms with E-state index in [1.807, 2.05) is 5.32 Å². The third kappa shape index (κ3) is 30.6. The number of nitrogens with two attached hydrogens (primary N) is 3. The maximum Gasteiger partial charge on any atom is 0.322 e. The smallest absolute Gasteiger partial charge is 0.322 e. The molecule has 3 heterocycles. The van der Waals surface area contributed by atoms with Gasteiger partial charge < -0.3 is 101 Å². The molecule has 3 aliphatic rings. The standard InChI is InChI=1S/C73H95ClN18O21S2/c1-39(93)61-70(109)86-55(68(107)82-49(62(76)101)30-43-11-19-47(94)20-12-43)38-115-114-37-54(85-65(104)50(31-40-5-13-44(74)14-6-40)80-57(95)22-21-56(71(110)111)92-28-26-90(35-59(97)98)24-25-91(27-29-92)36-60(99)100)69(108)84-52(33-41-7-15-45(16-8-41)78-64(103)53-34-58(96)88-73(113)87-53)67(106)83-51(32-42-9-17-46(18-10-42)79-72(77)112)66(105)81-48(63(102)89-61)4-2-3-23-75/h5-20,39,48-56,61,93-94H,2-4,21-38,75H2,1H3,(H2,76,101)(H,78,103)(H,80,95)(H,81,105)(H,82,107)(H,83,106)(H,84,108)(H,85,104)(H,86,109)(H,89,102)(H,97,98)(H,99,100)(H,110,111)(H3,77,79,112)(H2,87,88,96,113)/t39-,48+,49-,50+,51-,52+,53+,54-,55+,56?,61+/m1/s1. The second-order valence-electron chi connectivity index (χ2n) is 27.5. The number of urea groups is 2. The van der Waals surface area contributed by atoms with Gasteiger partial charge in [0.2, 0.25) is 65.0 Å². The number of phenols is 1. The van der Waals surface area contributed by atoms with Crippen molar-refractivity contribution in [2.24, 2.45) is 17.2 Å². The van der Waals surface area contributed by atoms with Gasteiger partial charge >= 0.3 is 30.0 Å². The number of halogens is 1. The van der Waals surface area contributed by atoms with E-state index < -0.39 is 212 Å². The summed E-state index contributed by atoms with van der Waals surface area (Å²) in [6.07, 6.45) is -4.18. The minimum absolute atomic E-state index is 0.0158. The fourth-order valence-corrected chi connectivity index (χ4v) is 14.9. The number of hydrogen-bond donors (Lipinski definition) is 20. The molecule has 11 atom stereocenters. The van der Waals surface area contributed by atoms with Crippen LogP contribution in [0.3, 0.4) is 0 Å². The number of aromatic hydroxyl groups is 1. The molecule has 0 aliphatic carbocycles. The summed E-state index contributed by atoms with van der Waals surface area (Å²) in [5.41, 5.74) is 18.8. The van der Waals surface area contributed by atoms with E-state index in [-0.39, 0.29) is 106 Å². The molecule has 7 rings (SSSR count). The number of nitrogens with zero attached hydrogens (tertiary/aromatic N) is 3. The van der Waals surface area contributed by atoms with Gasteiger partial charge in [0, 0.05) is 99.3 Å². The van der Waals surface area contributed by atoms with Crippen LogP contribution in [0.25, 0.3) is 0 Å². The number of hydrogen-bond acceptors (Lipinski definition) is 24. The zero-order valence-corrected chi connectivity index (χ0v) is 64.9. The Morgan fingerprint density at radius 2 is 1.09 bits per heavy atom. The van der Waals surface area contributed by atoms with Crippen LogP contribution in [0.5, 0.6) is 5.75 Å². The maximum atomic E-state index is 15.6. The van der Waals surface area contributed by atoms with Crippen LogP contribution in [-0.2, 0) is 92.8 Å². The first-order chi connectivity index (χ1) is 54.7. The molecule has 115 heavy (non-hydrogen) atoms. The van der Waals surface area contributed by atoms with Crippen molar-refractivity contribution in [3.05, 3.63) is 124 Å². The van der Waals surface area contributed by atoms with Gasteiger partial charge in [0.25, 0.3) is 0 Å². The average Bonchev–Trinajstić information content (AvgIpc) is 1.75. The Morgan fingerprint density at radius 3 is 1.62 bits per heavy atom. The molecule has 0 saturated carbocycles. The first-order valence-corrected chi connectivity index (χ1v) is 39.4. The van der Waals surface area contributed by atoms with E-state index in [9.17, 15) is 83.1 Å². The summed E-state index contributed by atoms with van der Waals surface area (Å²) in [5, 5.41) is 81.8. The van der Waals surface area contributed by atoms with Crippen LogP contribution in [0.2, 0.25) is 5.02 Å². The number of aliphatic carboxylic acids is 3. The monoisotopic (exact) mass is 1660 g/mol. The Balaban J connectivity index is 1.30. The molecule has 3 aliphatic heterocycles. The molecule has 4 aromatic carbocycles. The summed E-state index contributed by atoms with van der Waals surface area (Å²) in [6, 6.07) is 5.07. The van der Waals surface area contributed by atoms with Crippen molar-refractivity contribution in [2.45, 2.75) is 138 Å². The first kappa shape index (κ1) is 91.0. The molecule has 622 valence electrons. The highest BCUT2D eigenvalue weighted by Crippen LogP contribution is 2.25. The molecule has 0 aromatic heterocycles. The second-order valence-corrected chi connectivity index (χ2v) is 30.5. The summed E-state index contributed by atoms with van der Waals surface area (Å²) >= 11 is 6.28. The number of anilines is 2. The summed E-state index contributed by atoms with van der Waals surface area (Å²) in [7, 11) is 1.61. The lowest BCUT2D eigenvalue weighted by Crippen LogP contribution is -2.62. The number of nitrogens with one attached hydrogen (secondary N) is 12. The van der Waals surface area contributed by atoms with E-state index >= 15 is 19.2 Å². The Kier molecular flexibility index (Phi) is 35.6. The van der Waals surface area contributed by atoms with Crippen molar-refractivity contribution in [1.29, 1.82) is 0 Å². The van der Waals surface area contributed by atoms with Crippen LogP contribution in [0.15, 0.2) is 97.1 Å². The minimum Gasteiger partial charge on any atom is -0.508 e. The molecule has 23 N–H and O–H groups in total. The van der Waals surface area contributed by atoms with Crippen molar-refractivity contribution in [3.63, 3.8) is 0 Å². The van der Waals surface area contributed by atoms with E-state index in [2.05, 4.69) is 58.5 Å². The van der Waals surface area contributed by atoms with Gasteiger partial charge in [-0.1, -0.05) is 81.7 Å². The molecule has 0 radical (unpaired) electrons. The lowest BCUT2D eigenvalue weighted by molar-refractivity contribution is -0.145. The van der Waals surface area contributed by atoms with Crippen molar-refractivity contribution < 1.29 is 102 Å². The number of amides is 15. The fraction of sp³-hybridized carbons (Fsp3) is 0.452. The van der Waals surface area contributed by atoms with Crippen LogP contribution in [-0.4, -0.2) is 272 Å². The number of unbranched alkanes of at least 4 members (excludes halogenated alkanes) is 1. The van der Waals surface area contributed by atoms with Gasteiger partial charge in [0.05, 0.1) is 25.6 Å². The lowest BCUT2D eigenvalue weighted by Gasteiger charge is -2.30. The predicted octanol–water partition coefficient (Wildman–Crippen LogP) is -3.07. The number of rotatable bonds is 31.